The Morgan fingerprint density at radius 1 is 1.72 bits per heavy atom. The first-order chi connectivity index (χ1) is 8.58. The molecule has 1 heterocycles. The molecular weight excluding hydrogens is 260 g/mol. The van der Waals surface area contributed by atoms with Crippen LogP contribution in [0.2, 0.25) is 0 Å². The molecule has 18 heavy (non-hydrogen) atoms. The highest BCUT2D eigenvalue weighted by molar-refractivity contribution is 6.18. The van der Waals surface area contributed by atoms with Crippen LogP contribution in [0.15, 0.2) is 11.5 Å². The van der Waals surface area contributed by atoms with Gasteiger partial charge in [0, 0.05) is 12.8 Å². The van der Waals surface area contributed by atoms with Crippen LogP contribution in [-0.2, 0) is 6.54 Å². The lowest BCUT2D eigenvalue weighted by Gasteiger charge is -2.12. The number of H-pyrrole nitrogens is 1. The molecular formula is C9H14ClN6O2+. The standard InChI is InChI=1S/C9H13ClN6O2/c1-6-12-4-7(8(11)14-6)5-13-9(17)16(15-18)3-2-10/h4H,2-3,5H2,1H3,(H,13,17)(H2,11,12,14)/p+1. The minimum absolute atomic E-state index is 0.0463. The zero-order valence-electron chi connectivity index (χ0n) is 9.81. The first-order valence-corrected chi connectivity index (χ1v) is 5.70. The summed E-state index contributed by atoms with van der Waals surface area (Å²) in [5.74, 6) is 1.11. The third kappa shape index (κ3) is 3.81. The number of halogens is 1. The van der Waals surface area contributed by atoms with Crippen LogP contribution in [0.3, 0.4) is 0 Å². The fourth-order valence-electron chi connectivity index (χ4n) is 1.21. The van der Waals surface area contributed by atoms with Gasteiger partial charge in [0.2, 0.25) is 5.82 Å². The maximum atomic E-state index is 11.5. The smallest absolute Gasteiger partial charge is 0.340 e. The minimum Gasteiger partial charge on any atom is -0.362 e. The molecule has 0 saturated carbocycles. The van der Waals surface area contributed by atoms with Gasteiger partial charge in [-0.1, -0.05) is 0 Å². The number of nitrogens with zero attached hydrogens (tertiary/aromatic N) is 3. The number of amides is 2. The van der Waals surface area contributed by atoms with E-state index in [4.69, 9.17) is 17.3 Å². The molecule has 0 aromatic carbocycles. The Hall–Kier alpha value is -1.96. The first-order valence-electron chi connectivity index (χ1n) is 5.16. The minimum atomic E-state index is -0.634. The molecule has 0 aliphatic heterocycles. The third-order valence-corrected chi connectivity index (χ3v) is 2.30. The molecule has 98 valence electrons. The van der Waals surface area contributed by atoms with Crippen molar-refractivity contribution in [2.24, 2.45) is 5.29 Å². The van der Waals surface area contributed by atoms with E-state index in [9.17, 15) is 9.70 Å². The number of hydrogen-bond acceptors (Lipinski definition) is 5. The number of anilines is 1. The molecule has 0 bridgehead atoms. The van der Waals surface area contributed by atoms with Gasteiger partial charge < -0.3 is 11.1 Å². The van der Waals surface area contributed by atoms with Crippen molar-refractivity contribution in [2.75, 3.05) is 18.2 Å². The van der Waals surface area contributed by atoms with Crippen LogP contribution >= 0.6 is 11.6 Å². The summed E-state index contributed by atoms with van der Waals surface area (Å²) in [6, 6.07) is -0.634. The van der Waals surface area contributed by atoms with E-state index in [1.54, 1.807) is 13.1 Å². The number of nitroso groups, excluding NO2 is 1. The number of aromatic amines is 1. The van der Waals surface area contributed by atoms with Crippen LogP contribution in [-0.4, -0.2) is 28.4 Å². The van der Waals surface area contributed by atoms with E-state index in [1.165, 1.54) is 0 Å². The van der Waals surface area contributed by atoms with E-state index in [0.717, 1.165) is 0 Å². The van der Waals surface area contributed by atoms with Gasteiger partial charge >= 0.3 is 6.03 Å². The second kappa shape index (κ2) is 6.70. The number of aryl methyl sites for hydroxylation is 1. The van der Waals surface area contributed by atoms with Crippen LogP contribution in [0.1, 0.15) is 11.4 Å². The monoisotopic (exact) mass is 273 g/mol. The lowest BCUT2D eigenvalue weighted by molar-refractivity contribution is -0.393. The quantitative estimate of drug-likeness (QED) is 0.453. The summed E-state index contributed by atoms with van der Waals surface area (Å²) in [5, 5.41) is 5.75. The summed E-state index contributed by atoms with van der Waals surface area (Å²) in [4.78, 5) is 28.8. The molecule has 1 aromatic heterocycles. The lowest BCUT2D eigenvalue weighted by Crippen LogP contribution is -2.37. The van der Waals surface area contributed by atoms with Crippen molar-refractivity contribution in [1.29, 1.82) is 0 Å². The highest BCUT2D eigenvalue weighted by Crippen LogP contribution is 2.04. The average molecular weight is 274 g/mol. The van der Waals surface area contributed by atoms with E-state index < -0.39 is 6.03 Å². The molecule has 0 saturated heterocycles. The van der Waals surface area contributed by atoms with Gasteiger partial charge in [0.25, 0.3) is 5.82 Å². The molecule has 0 fully saturated rings. The number of hydrogen-bond donors (Lipinski definition) is 2. The predicted octanol–water partition coefficient (Wildman–Crippen LogP) is 0.218. The Morgan fingerprint density at radius 3 is 3.00 bits per heavy atom. The van der Waals surface area contributed by atoms with Crippen LogP contribution in [0, 0.1) is 11.8 Å². The predicted molar refractivity (Wildman–Crippen MR) is 65.4 cm³/mol. The Kier molecular flexibility index (Phi) is 5.25. The van der Waals surface area contributed by atoms with E-state index in [-0.39, 0.29) is 19.0 Å². The summed E-state index contributed by atoms with van der Waals surface area (Å²) >= 11 is 5.42. The zero-order valence-corrected chi connectivity index (χ0v) is 10.6. The summed E-state index contributed by atoms with van der Waals surface area (Å²) in [6.07, 6.45) is 1.64. The summed E-state index contributed by atoms with van der Waals surface area (Å²) in [7, 11) is 0. The SMILES string of the molecule is Cc1nc(N)c(CNC(=O)N(CCCl)N=O)c[nH+]1. The number of nitrogens with two attached hydrogens (primary N) is 1. The van der Waals surface area contributed by atoms with Gasteiger partial charge in [0.15, 0.2) is 0 Å². The largest absolute Gasteiger partial charge is 0.362 e. The van der Waals surface area contributed by atoms with Crippen molar-refractivity contribution in [3.63, 3.8) is 0 Å². The maximum Gasteiger partial charge on any atom is 0.340 e. The number of carbonyl (C=O) groups is 1. The highest BCUT2D eigenvalue weighted by Gasteiger charge is 2.15. The van der Waals surface area contributed by atoms with Crippen LogP contribution in [0.4, 0.5) is 10.6 Å². The number of alkyl halides is 1. The van der Waals surface area contributed by atoms with Crippen molar-refractivity contribution in [3.05, 3.63) is 22.5 Å². The Morgan fingerprint density at radius 2 is 2.44 bits per heavy atom. The number of aromatic nitrogens is 2. The van der Waals surface area contributed by atoms with E-state index >= 15 is 0 Å². The van der Waals surface area contributed by atoms with Gasteiger partial charge in [-0.25, -0.2) is 9.78 Å². The van der Waals surface area contributed by atoms with Gasteiger partial charge in [-0.2, -0.15) is 5.01 Å². The summed E-state index contributed by atoms with van der Waals surface area (Å²) in [5.41, 5.74) is 6.29. The van der Waals surface area contributed by atoms with Gasteiger partial charge in [-0.3, -0.25) is 0 Å². The van der Waals surface area contributed by atoms with Crippen LogP contribution in [0.5, 0.6) is 0 Å². The molecule has 9 heteroatoms. The first kappa shape index (κ1) is 14.1. The molecule has 0 spiro atoms. The van der Waals surface area contributed by atoms with Crippen LogP contribution < -0.4 is 16.0 Å². The number of nitrogen functional groups attached to an aromatic ring is 1. The molecule has 1 aromatic rings. The second-order valence-electron chi connectivity index (χ2n) is 3.45. The number of nitrogens with one attached hydrogen (secondary N) is 2. The van der Waals surface area contributed by atoms with E-state index in [2.05, 4.69) is 20.6 Å². The topological polar surface area (TPSA) is 115 Å². The molecule has 0 aliphatic rings. The van der Waals surface area contributed by atoms with Crippen molar-refractivity contribution >= 4 is 23.4 Å². The fraction of sp³-hybridized carbons (Fsp3) is 0.444. The number of rotatable bonds is 5. The summed E-state index contributed by atoms with van der Waals surface area (Å²) < 4.78 is 0. The van der Waals surface area contributed by atoms with E-state index in [1.807, 2.05) is 0 Å². The molecule has 0 unspecified atom stereocenters. The Labute approximate surface area is 108 Å². The van der Waals surface area contributed by atoms with Crippen LogP contribution in [0.25, 0.3) is 0 Å². The van der Waals surface area contributed by atoms with Gasteiger partial charge in [0.05, 0.1) is 30.1 Å². The molecule has 4 N–H and O–H groups in total. The maximum absolute atomic E-state index is 11.5. The lowest BCUT2D eigenvalue weighted by atomic mass is 10.3. The zero-order chi connectivity index (χ0) is 13.5. The van der Waals surface area contributed by atoms with Gasteiger partial charge in [0.1, 0.15) is 0 Å². The molecule has 0 aliphatic carbocycles. The van der Waals surface area contributed by atoms with Crippen molar-refractivity contribution < 1.29 is 9.78 Å². The van der Waals surface area contributed by atoms with E-state index in [0.29, 0.717) is 22.2 Å². The van der Waals surface area contributed by atoms with Gasteiger partial charge in [-0.05, 0) is 4.98 Å². The third-order valence-electron chi connectivity index (χ3n) is 2.13. The Balaban J connectivity index is 2.59. The molecule has 0 atom stereocenters. The second-order valence-corrected chi connectivity index (χ2v) is 3.83. The molecule has 2 amide bonds. The Bertz CT molecular complexity index is 441. The summed E-state index contributed by atoms with van der Waals surface area (Å²) in [6.45, 7) is 1.95. The van der Waals surface area contributed by atoms with Crippen molar-refractivity contribution in [2.45, 2.75) is 13.5 Å². The van der Waals surface area contributed by atoms with Gasteiger partial charge in [-0.15, -0.1) is 16.5 Å². The number of urea groups is 1. The number of carbonyl (C=O) groups excluding carboxylic acids is 1. The molecule has 8 nitrogen and oxygen atoms in total. The van der Waals surface area contributed by atoms with Crippen molar-refractivity contribution in [1.82, 2.24) is 15.3 Å². The molecule has 0 radical (unpaired) electrons. The molecule has 1 rings (SSSR count). The van der Waals surface area contributed by atoms with Crippen molar-refractivity contribution in [3.8, 4) is 0 Å². The highest BCUT2D eigenvalue weighted by atomic mass is 35.5. The fourth-order valence-corrected chi connectivity index (χ4v) is 1.37. The normalized spacial score (nSPS) is 9.89. The average Bonchev–Trinajstić information content (AvgIpc) is 2.34.